The van der Waals surface area contributed by atoms with Crippen LogP contribution in [0.2, 0.25) is 0 Å². The molecule has 1 heterocycles. The minimum absolute atomic E-state index is 0.0795. The van der Waals surface area contributed by atoms with Gasteiger partial charge in [0.25, 0.3) is 0 Å². The monoisotopic (exact) mass is 206 g/mol. The van der Waals surface area contributed by atoms with Gasteiger partial charge in [0.2, 0.25) is 0 Å². The number of nitrogens with zero attached hydrogens (tertiary/aromatic N) is 1. The number of imidazole rings is 1. The summed E-state index contributed by atoms with van der Waals surface area (Å²) in [7, 11) is 0. The van der Waals surface area contributed by atoms with E-state index in [-0.39, 0.29) is 16.6 Å². The zero-order chi connectivity index (χ0) is 11.0. The van der Waals surface area contributed by atoms with Crippen LogP contribution in [0.3, 0.4) is 0 Å². The van der Waals surface area contributed by atoms with E-state index in [1.807, 2.05) is 0 Å². The molecule has 2 aromatic rings. The average Bonchev–Trinajstić information content (AvgIpc) is 2.62. The number of benzene rings is 1. The molecule has 0 aliphatic rings. The van der Waals surface area contributed by atoms with E-state index in [1.54, 1.807) is 0 Å². The Morgan fingerprint density at radius 2 is 1.93 bits per heavy atom. The first kappa shape index (κ1) is 9.20. The number of nitrogens with one attached hydrogen (secondary N) is 1. The quantitative estimate of drug-likeness (QED) is 0.678. The molecular weight excluding hydrogens is 200 g/mol. The summed E-state index contributed by atoms with van der Waals surface area (Å²) < 4.78 is 0. The van der Waals surface area contributed by atoms with E-state index in [0.29, 0.717) is 5.52 Å². The standard InChI is InChI=1S/C9H6N2O4/c12-8(13)4-1-5(9(14)15)7-6(2-4)10-3-11-7/h1-3H,(H,10,11)(H,12,13)(H,14,15). The Hall–Kier alpha value is -2.37. The SMILES string of the molecule is O=C(O)c1cc(C(=O)O)c2nc[nH]c2c1. The molecule has 0 saturated carbocycles. The zero-order valence-electron chi connectivity index (χ0n) is 7.39. The molecule has 0 spiro atoms. The van der Waals surface area contributed by atoms with E-state index in [2.05, 4.69) is 9.97 Å². The highest BCUT2D eigenvalue weighted by atomic mass is 16.4. The Labute approximate surface area is 83.2 Å². The highest BCUT2D eigenvalue weighted by Crippen LogP contribution is 2.17. The van der Waals surface area contributed by atoms with Gasteiger partial charge in [-0.25, -0.2) is 14.6 Å². The van der Waals surface area contributed by atoms with Gasteiger partial charge in [-0.1, -0.05) is 0 Å². The van der Waals surface area contributed by atoms with Crippen molar-refractivity contribution in [3.8, 4) is 0 Å². The lowest BCUT2D eigenvalue weighted by Gasteiger charge is -1.99. The molecule has 0 radical (unpaired) electrons. The van der Waals surface area contributed by atoms with Crippen LogP contribution in [0.4, 0.5) is 0 Å². The Bertz CT molecular complexity index is 558. The first-order chi connectivity index (χ1) is 7.09. The number of rotatable bonds is 2. The van der Waals surface area contributed by atoms with Gasteiger partial charge in [-0.05, 0) is 12.1 Å². The summed E-state index contributed by atoms with van der Waals surface area (Å²) in [6.07, 6.45) is 1.32. The molecule has 76 valence electrons. The van der Waals surface area contributed by atoms with Gasteiger partial charge in [-0.2, -0.15) is 0 Å². The number of carbonyl (C=O) groups is 2. The third-order valence-electron chi connectivity index (χ3n) is 2.00. The van der Waals surface area contributed by atoms with E-state index in [9.17, 15) is 9.59 Å². The fourth-order valence-electron chi connectivity index (χ4n) is 1.34. The molecule has 15 heavy (non-hydrogen) atoms. The van der Waals surface area contributed by atoms with Gasteiger partial charge < -0.3 is 15.2 Å². The fraction of sp³-hybridized carbons (Fsp3) is 0. The van der Waals surface area contributed by atoms with Crippen LogP contribution in [-0.2, 0) is 0 Å². The lowest BCUT2D eigenvalue weighted by molar-refractivity contribution is 0.0696. The van der Waals surface area contributed by atoms with Crippen LogP contribution in [0.1, 0.15) is 20.7 Å². The smallest absolute Gasteiger partial charge is 0.338 e. The second kappa shape index (κ2) is 3.09. The molecule has 6 heteroatoms. The minimum Gasteiger partial charge on any atom is -0.478 e. The van der Waals surface area contributed by atoms with Gasteiger partial charge >= 0.3 is 11.9 Å². The average molecular weight is 206 g/mol. The maximum atomic E-state index is 10.8. The summed E-state index contributed by atoms with van der Waals surface area (Å²) in [5.74, 6) is -2.37. The largest absolute Gasteiger partial charge is 0.478 e. The van der Waals surface area contributed by atoms with Gasteiger partial charge in [0.05, 0.1) is 23.0 Å². The van der Waals surface area contributed by atoms with Crippen LogP contribution >= 0.6 is 0 Å². The number of hydrogen-bond donors (Lipinski definition) is 3. The fourth-order valence-corrected chi connectivity index (χ4v) is 1.34. The number of H-pyrrole nitrogens is 1. The van der Waals surface area contributed by atoms with Gasteiger partial charge in [0, 0.05) is 0 Å². The van der Waals surface area contributed by atoms with Gasteiger partial charge in [-0.15, -0.1) is 0 Å². The van der Waals surface area contributed by atoms with Crippen LogP contribution in [0, 0.1) is 0 Å². The van der Waals surface area contributed by atoms with Crippen LogP contribution in [0.15, 0.2) is 18.5 Å². The molecule has 0 unspecified atom stereocenters. The predicted molar refractivity (Wildman–Crippen MR) is 50.0 cm³/mol. The van der Waals surface area contributed by atoms with E-state index in [0.717, 1.165) is 6.07 Å². The maximum Gasteiger partial charge on any atom is 0.338 e. The summed E-state index contributed by atoms with van der Waals surface area (Å²) in [5.41, 5.74) is 0.454. The molecule has 0 aliphatic carbocycles. The number of aromatic amines is 1. The zero-order valence-corrected chi connectivity index (χ0v) is 7.39. The van der Waals surface area contributed by atoms with Gasteiger partial charge in [-0.3, -0.25) is 0 Å². The second-order valence-electron chi connectivity index (χ2n) is 2.93. The van der Waals surface area contributed by atoms with E-state index in [1.165, 1.54) is 12.4 Å². The number of aromatic nitrogens is 2. The number of aromatic carboxylic acids is 2. The lowest BCUT2D eigenvalue weighted by atomic mass is 10.1. The molecule has 1 aromatic carbocycles. The van der Waals surface area contributed by atoms with E-state index >= 15 is 0 Å². The number of carboxylic acid groups (broad SMARTS) is 2. The van der Waals surface area contributed by atoms with Crippen molar-refractivity contribution in [3.05, 3.63) is 29.6 Å². The maximum absolute atomic E-state index is 10.8. The normalized spacial score (nSPS) is 10.4. The van der Waals surface area contributed by atoms with Crippen LogP contribution < -0.4 is 0 Å². The van der Waals surface area contributed by atoms with Crippen molar-refractivity contribution in [1.29, 1.82) is 0 Å². The molecular formula is C9H6N2O4. The molecule has 0 saturated heterocycles. The first-order valence-electron chi connectivity index (χ1n) is 4.03. The second-order valence-corrected chi connectivity index (χ2v) is 2.93. The Kier molecular flexibility index (Phi) is 1.89. The Morgan fingerprint density at radius 3 is 2.53 bits per heavy atom. The summed E-state index contributed by atoms with van der Waals surface area (Å²) in [4.78, 5) is 28.0. The molecule has 0 fully saturated rings. The molecule has 0 bridgehead atoms. The predicted octanol–water partition coefficient (Wildman–Crippen LogP) is 0.959. The van der Waals surface area contributed by atoms with Crippen molar-refractivity contribution < 1.29 is 19.8 Å². The highest BCUT2D eigenvalue weighted by Gasteiger charge is 2.15. The molecule has 3 N–H and O–H groups in total. The summed E-state index contributed by atoms with van der Waals surface area (Å²) in [6.45, 7) is 0. The van der Waals surface area contributed by atoms with Crippen LogP contribution in [0.25, 0.3) is 11.0 Å². The molecule has 2 rings (SSSR count). The van der Waals surface area contributed by atoms with Crippen molar-refractivity contribution in [2.24, 2.45) is 0 Å². The van der Waals surface area contributed by atoms with Gasteiger partial charge in [0.1, 0.15) is 5.52 Å². The van der Waals surface area contributed by atoms with E-state index < -0.39 is 11.9 Å². The summed E-state index contributed by atoms with van der Waals surface area (Å²) in [6, 6.07) is 2.44. The van der Waals surface area contributed by atoms with Crippen molar-refractivity contribution in [2.75, 3.05) is 0 Å². The Morgan fingerprint density at radius 1 is 1.20 bits per heavy atom. The molecule has 0 atom stereocenters. The van der Waals surface area contributed by atoms with Crippen molar-refractivity contribution >= 4 is 23.0 Å². The molecule has 1 aromatic heterocycles. The lowest BCUT2D eigenvalue weighted by Crippen LogP contribution is -2.03. The first-order valence-corrected chi connectivity index (χ1v) is 4.03. The van der Waals surface area contributed by atoms with Crippen LogP contribution in [-0.4, -0.2) is 32.1 Å². The van der Waals surface area contributed by atoms with Crippen molar-refractivity contribution in [1.82, 2.24) is 9.97 Å². The van der Waals surface area contributed by atoms with Crippen molar-refractivity contribution in [2.45, 2.75) is 0 Å². The summed E-state index contributed by atoms with van der Waals surface area (Å²) >= 11 is 0. The molecule has 6 nitrogen and oxygen atoms in total. The summed E-state index contributed by atoms with van der Waals surface area (Å²) in [5, 5.41) is 17.6. The highest BCUT2D eigenvalue weighted by molar-refractivity contribution is 6.04. The van der Waals surface area contributed by atoms with Gasteiger partial charge in [0.15, 0.2) is 0 Å². The minimum atomic E-state index is -1.20. The number of hydrogen-bond acceptors (Lipinski definition) is 3. The van der Waals surface area contributed by atoms with Crippen LogP contribution in [0.5, 0.6) is 0 Å². The third-order valence-corrected chi connectivity index (χ3v) is 2.00. The third kappa shape index (κ3) is 1.41. The molecule has 0 aliphatic heterocycles. The Balaban J connectivity index is 2.80. The topological polar surface area (TPSA) is 103 Å². The number of carboxylic acids is 2. The van der Waals surface area contributed by atoms with E-state index in [4.69, 9.17) is 10.2 Å². The van der Waals surface area contributed by atoms with Crippen molar-refractivity contribution in [3.63, 3.8) is 0 Å². The number of fused-ring (bicyclic) bond motifs is 1. The molecule has 0 amide bonds.